The number of aliphatic hydroxyl groups is 1. The molecule has 106 valence electrons. The Bertz CT molecular complexity index is 698. The molecule has 2 unspecified atom stereocenters. The second-order valence-corrected chi connectivity index (χ2v) is 4.82. The first-order chi connectivity index (χ1) is 10.3. The van der Waals surface area contributed by atoms with Gasteiger partial charge < -0.3 is 9.63 Å². The topological polar surface area (TPSA) is 72.0 Å². The van der Waals surface area contributed by atoms with Crippen LogP contribution in [0.5, 0.6) is 0 Å². The highest BCUT2D eigenvalue weighted by Crippen LogP contribution is 2.30. The van der Waals surface area contributed by atoms with Gasteiger partial charge in [0.05, 0.1) is 12.0 Å². The molecule has 0 aliphatic rings. The lowest BCUT2D eigenvalue weighted by Gasteiger charge is -2.15. The Labute approximate surface area is 122 Å². The van der Waals surface area contributed by atoms with E-state index >= 15 is 0 Å². The Morgan fingerprint density at radius 3 is 2.52 bits per heavy atom. The van der Waals surface area contributed by atoms with Crippen LogP contribution in [0.25, 0.3) is 11.5 Å². The van der Waals surface area contributed by atoms with Gasteiger partial charge in [-0.05, 0) is 17.7 Å². The van der Waals surface area contributed by atoms with Crippen LogP contribution in [0.3, 0.4) is 0 Å². The Morgan fingerprint density at radius 2 is 1.81 bits per heavy atom. The lowest BCUT2D eigenvalue weighted by Crippen LogP contribution is -2.08. The van der Waals surface area contributed by atoms with Crippen molar-refractivity contribution in [1.82, 2.24) is 15.1 Å². The number of nitrogens with zero attached hydrogens (tertiary/aromatic N) is 3. The first-order valence-electron chi connectivity index (χ1n) is 6.73. The summed E-state index contributed by atoms with van der Waals surface area (Å²) < 4.78 is 5.26. The number of hydrogen-bond donors (Lipinski definition) is 1. The lowest BCUT2D eigenvalue weighted by molar-refractivity contribution is 0.135. The molecule has 0 saturated carbocycles. The number of rotatable bonds is 4. The van der Waals surface area contributed by atoms with Crippen LogP contribution in [-0.2, 0) is 0 Å². The summed E-state index contributed by atoms with van der Waals surface area (Å²) in [6, 6.07) is 14.9. The van der Waals surface area contributed by atoms with Crippen molar-refractivity contribution >= 4 is 0 Å². The zero-order valence-corrected chi connectivity index (χ0v) is 11.5. The molecule has 2 atom stereocenters. The van der Waals surface area contributed by atoms with Crippen molar-refractivity contribution in [1.29, 1.82) is 0 Å². The molecule has 1 N–H and O–H groups in total. The van der Waals surface area contributed by atoms with Crippen molar-refractivity contribution in [3.8, 4) is 11.5 Å². The maximum absolute atomic E-state index is 10.4. The predicted octanol–water partition coefficient (Wildman–Crippen LogP) is 2.97. The standard InChI is InChI=1S/C16H15N3O2/c1-11(14(20)12-7-3-2-4-8-12)16-18-15(19-21-16)13-9-5-6-10-17-13/h2-11,14,20H,1H3. The van der Waals surface area contributed by atoms with Crippen LogP contribution in [-0.4, -0.2) is 20.2 Å². The summed E-state index contributed by atoms with van der Waals surface area (Å²) in [4.78, 5) is 8.50. The number of aromatic nitrogens is 3. The molecule has 3 aromatic rings. The molecule has 3 rings (SSSR count). The highest BCUT2D eigenvalue weighted by molar-refractivity contribution is 5.47. The third kappa shape index (κ3) is 2.83. The molecule has 0 fully saturated rings. The summed E-state index contributed by atoms with van der Waals surface area (Å²) >= 11 is 0. The van der Waals surface area contributed by atoms with E-state index in [-0.39, 0.29) is 5.92 Å². The summed E-state index contributed by atoms with van der Waals surface area (Å²) in [7, 11) is 0. The van der Waals surface area contributed by atoms with Gasteiger partial charge in [0, 0.05) is 6.20 Å². The van der Waals surface area contributed by atoms with Crippen LogP contribution in [0.15, 0.2) is 59.3 Å². The number of aliphatic hydroxyl groups excluding tert-OH is 1. The number of hydrogen-bond acceptors (Lipinski definition) is 5. The maximum Gasteiger partial charge on any atom is 0.232 e. The second kappa shape index (κ2) is 5.85. The summed E-state index contributed by atoms with van der Waals surface area (Å²) in [6.45, 7) is 1.85. The Kier molecular flexibility index (Phi) is 3.75. The van der Waals surface area contributed by atoms with Crippen molar-refractivity contribution in [3.05, 3.63) is 66.2 Å². The fraction of sp³-hybridized carbons (Fsp3) is 0.188. The van der Waals surface area contributed by atoms with Gasteiger partial charge in [0.15, 0.2) is 0 Å². The molecule has 0 spiro atoms. The van der Waals surface area contributed by atoms with Crippen LogP contribution in [0.4, 0.5) is 0 Å². The molecule has 2 aromatic heterocycles. The summed E-state index contributed by atoms with van der Waals surface area (Å²) in [5, 5.41) is 14.3. The minimum Gasteiger partial charge on any atom is -0.388 e. The van der Waals surface area contributed by atoms with E-state index in [2.05, 4.69) is 15.1 Å². The van der Waals surface area contributed by atoms with Gasteiger partial charge in [-0.15, -0.1) is 0 Å². The molecule has 5 heteroatoms. The summed E-state index contributed by atoms with van der Waals surface area (Å²) in [6.07, 6.45) is 0.983. The minimum absolute atomic E-state index is 0.294. The van der Waals surface area contributed by atoms with Gasteiger partial charge in [0.25, 0.3) is 0 Å². The van der Waals surface area contributed by atoms with Crippen molar-refractivity contribution in [2.75, 3.05) is 0 Å². The summed E-state index contributed by atoms with van der Waals surface area (Å²) in [5.74, 6) is 0.530. The highest BCUT2D eigenvalue weighted by atomic mass is 16.5. The zero-order valence-electron chi connectivity index (χ0n) is 11.5. The third-order valence-electron chi connectivity index (χ3n) is 3.34. The average Bonchev–Trinajstić information content (AvgIpc) is 3.05. The average molecular weight is 281 g/mol. The van der Waals surface area contributed by atoms with E-state index in [0.29, 0.717) is 17.4 Å². The molecule has 0 radical (unpaired) electrons. The van der Waals surface area contributed by atoms with E-state index in [4.69, 9.17) is 4.52 Å². The molecule has 21 heavy (non-hydrogen) atoms. The fourth-order valence-electron chi connectivity index (χ4n) is 2.09. The highest BCUT2D eigenvalue weighted by Gasteiger charge is 2.24. The molecule has 0 aliphatic carbocycles. The molecule has 0 bridgehead atoms. The van der Waals surface area contributed by atoms with Gasteiger partial charge in [0.2, 0.25) is 11.7 Å². The SMILES string of the molecule is CC(c1nc(-c2ccccn2)no1)C(O)c1ccccc1. The van der Waals surface area contributed by atoms with Gasteiger partial charge >= 0.3 is 0 Å². The second-order valence-electron chi connectivity index (χ2n) is 4.82. The molecule has 1 aromatic carbocycles. The van der Waals surface area contributed by atoms with E-state index < -0.39 is 6.10 Å². The van der Waals surface area contributed by atoms with Crippen molar-refractivity contribution in [2.24, 2.45) is 0 Å². The Balaban J connectivity index is 1.83. The monoisotopic (exact) mass is 281 g/mol. The Hall–Kier alpha value is -2.53. The van der Waals surface area contributed by atoms with Crippen LogP contribution in [0.2, 0.25) is 0 Å². The van der Waals surface area contributed by atoms with E-state index in [1.54, 1.807) is 6.20 Å². The molecule has 0 saturated heterocycles. The van der Waals surface area contributed by atoms with Gasteiger partial charge in [-0.2, -0.15) is 4.98 Å². The zero-order chi connectivity index (χ0) is 14.7. The number of pyridine rings is 1. The van der Waals surface area contributed by atoms with E-state index in [1.165, 1.54) is 0 Å². The maximum atomic E-state index is 10.4. The third-order valence-corrected chi connectivity index (χ3v) is 3.34. The Morgan fingerprint density at radius 1 is 1.05 bits per heavy atom. The largest absolute Gasteiger partial charge is 0.388 e. The van der Waals surface area contributed by atoms with E-state index in [1.807, 2.05) is 55.5 Å². The summed E-state index contributed by atoms with van der Waals surface area (Å²) in [5.41, 5.74) is 1.47. The minimum atomic E-state index is -0.691. The molecule has 5 nitrogen and oxygen atoms in total. The van der Waals surface area contributed by atoms with Crippen LogP contribution < -0.4 is 0 Å². The van der Waals surface area contributed by atoms with Crippen molar-refractivity contribution < 1.29 is 9.63 Å². The first-order valence-corrected chi connectivity index (χ1v) is 6.73. The van der Waals surface area contributed by atoms with Crippen molar-refractivity contribution in [2.45, 2.75) is 18.9 Å². The normalized spacial score (nSPS) is 13.8. The van der Waals surface area contributed by atoms with Crippen molar-refractivity contribution in [3.63, 3.8) is 0 Å². The van der Waals surface area contributed by atoms with Crippen LogP contribution in [0, 0.1) is 0 Å². The molecule has 0 amide bonds. The van der Waals surface area contributed by atoms with E-state index in [0.717, 1.165) is 5.56 Å². The lowest BCUT2D eigenvalue weighted by atomic mass is 9.97. The quantitative estimate of drug-likeness (QED) is 0.796. The van der Waals surface area contributed by atoms with Gasteiger partial charge in [-0.3, -0.25) is 4.98 Å². The van der Waals surface area contributed by atoms with Crippen LogP contribution in [0.1, 0.15) is 30.4 Å². The van der Waals surface area contributed by atoms with E-state index in [9.17, 15) is 5.11 Å². The van der Waals surface area contributed by atoms with Gasteiger partial charge in [0.1, 0.15) is 5.69 Å². The molecule has 2 heterocycles. The molecule has 0 aliphatic heterocycles. The molecular weight excluding hydrogens is 266 g/mol. The van der Waals surface area contributed by atoms with Gasteiger partial charge in [-0.25, -0.2) is 0 Å². The smallest absolute Gasteiger partial charge is 0.232 e. The number of benzene rings is 1. The fourth-order valence-corrected chi connectivity index (χ4v) is 2.09. The van der Waals surface area contributed by atoms with Gasteiger partial charge in [-0.1, -0.05) is 48.5 Å². The predicted molar refractivity (Wildman–Crippen MR) is 77.3 cm³/mol. The molecular formula is C16H15N3O2. The first kappa shape index (κ1) is 13.5. The van der Waals surface area contributed by atoms with Crippen LogP contribution >= 0.6 is 0 Å².